The van der Waals surface area contributed by atoms with Crippen molar-refractivity contribution in [2.45, 2.75) is 38.6 Å². The predicted molar refractivity (Wildman–Crippen MR) is 94.8 cm³/mol. The van der Waals surface area contributed by atoms with Crippen LogP contribution >= 0.6 is 31.9 Å². The molecule has 0 spiro atoms. The molecule has 0 aromatic heterocycles. The van der Waals surface area contributed by atoms with E-state index in [0.717, 1.165) is 35.1 Å². The minimum Gasteiger partial charge on any atom is -0.506 e. The van der Waals surface area contributed by atoms with Crippen LogP contribution in [-0.4, -0.2) is 36.2 Å². The second-order valence-corrected chi connectivity index (χ2v) is 7.34. The maximum atomic E-state index is 9.92. The molecule has 0 radical (unpaired) electrons. The number of hydrogen-bond acceptors (Lipinski definition) is 3. The Morgan fingerprint density at radius 2 is 1.81 bits per heavy atom. The molecule has 3 nitrogen and oxygen atoms in total. The van der Waals surface area contributed by atoms with Crippen LogP contribution in [-0.2, 0) is 0 Å². The van der Waals surface area contributed by atoms with Gasteiger partial charge >= 0.3 is 0 Å². The number of nitrogens with one attached hydrogen (secondary N) is 1. The van der Waals surface area contributed by atoms with Gasteiger partial charge in [0.2, 0.25) is 0 Å². The number of phenolic OH excluding ortho intramolecular Hbond substituents is 1. The number of rotatable bonds is 6. The number of unbranched alkanes of at least 4 members (excludes halogenated alkanes) is 2. The number of piperazine rings is 1. The molecule has 1 saturated heterocycles. The second-order valence-electron chi connectivity index (χ2n) is 5.63. The lowest BCUT2D eigenvalue weighted by molar-refractivity contribution is 0.162. The van der Waals surface area contributed by atoms with Crippen molar-refractivity contribution in [2.75, 3.05) is 26.2 Å². The average molecular weight is 420 g/mol. The van der Waals surface area contributed by atoms with Crippen molar-refractivity contribution in [1.82, 2.24) is 10.2 Å². The molecule has 21 heavy (non-hydrogen) atoms. The molecule has 1 aromatic rings. The zero-order chi connectivity index (χ0) is 15.2. The van der Waals surface area contributed by atoms with Gasteiger partial charge < -0.3 is 10.4 Å². The van der Waals surface area contributed by atoms with Crippen molar-refractivity contribution in [3.63, 3.8) is 0 Å². The standard InChI is InChI=1S/C16H24Br2N2O/c1-2-3-4-5-15(20-8-6-19-7-9-20)12-10-13(17)16(21)14(18)11-12/h10-11,15,19,21H,2-9H2,1H3/t15-/m0/s1. The SMILES string of the molecule is CCCCC[C@@H](c1cc(Br)c(O)c(Br)c1)N1CCNCC1. The van der Waals surface area contributed by atoms with Crippen LogP contribution in [0.3, 0.4) is 0 Å². The molecule has 0 amide bonds. The fourth-order valence-electron chi connectivity index (χ4n) is 2.92. The Bertz CT molecular complexity index is 439. The molecule has 0 aliphatic carbocycles. The van der Waals surface area contributed by atoms with Gasteiger partial charge in [-0.2, -0.15) is 0 Å². The average Bonchev–Trinajstić information content (AvgIpc) is 2.50. The minimum absolute atomic E-state index is 0.284. The van der Waals surface area contributed by atoms with E-state index < -0.39 is 0 Å². The molecule has 2 N–H and O–H groups in total. The zero-order valence-corrected chi connectivity index (χ0v) is 15.7. The van der Waals surface area contributed by atoms with Crippen LogP contribution < -0.4 is 5.32 Å². The maximum Gasteiger partial charge on any atom is 0.143 e. The molecule has 2 rings (SSSR count). The summed E-state index contributed by atoms with van der Waals surface area (Å²) in [5.74, 6) is 0.284. The minimum atomic E-state index is 0.284. The van der Waals surface area contributed by atoms with E-state index in [4.69, 9.17) is 0 Å². The number of benzene rings is 1. The normalized spacial score (nSPS) is 17.9. The Kier molecular flexibility index (Phi) is 6.99. The largest absolute Gasteiger partial charge is 0.506 e. The van der Waals surface area contributed by atoms with E-state index in [9.17, 15) is 5.11 Å². The van der Waals surface area contributed by atoms with E-state index in [1.165, 1.54) is 31.2 Å². The Hall–Kier alpha value is -0.100. The number of nitrogens with zero attached hydrogens (tertiary/aromatic N) is 1. The molecule has 1 heterocycles. The summed E-state index contributed by atoms with van der Waals surface area (Å²) in [6.07, 6.45) is 4.96. The van der Waals surface area contributed by atoms with E-state index >= 15 is 0 Å². The molecular formula is C16H24Br2N2O. The van der Waals surface area contributed by atoms with E-state index in [-0.39, 0.29) is 5.75 Å². The Morgan fingerprint density at radius 1 is 1.19 bits per heavy atom. The first-order chi connectivity index (χ1) is 10.1. The zero-order valence-electron chi connectivity index (χ0n) is 12.5. The highest BCUT2D eigenvalue weighted by Gasteiger charge is 2.23. The van der Waals surface area contributed by atoms with Gasteiger partial charge in [-0.3, -0.25) is 4.90 Å². The lowest BCUT2D eigenvalue weighted by atomic mass is 9.98. The highest BCUT2D eigenvalue weighted by Crippen LogP contribution is 2.37. The predicted octanol–water partition coefficient (Wildman–Crippen LogP) is 4.44. The molecule has 0 unspecified atom stereocenters. The van der Waals surface area contributed by atoms with Gasteiger partial charge in [-0.1, -0.05) is 26.2 Å². The van der Waals surface area contributed by atoms with Gasteiger partial charge in [0.15, 0.2) is 0 Å². The number of halogens is 2. The third-order valence-electron chi connectivity index (χ3n) is 4.10. The number of aromatic hydroxyl groups is 1. The van der Waals surface area contributed by atoms with Crippen molar-refractivity contribution >= 4 is 31.9 Å². The summed E-state index contributed by atoms with van der Waals surface area (Å²) < 4.78 is 1.53. The Balaban J connectivity index is 2.20. The first-order valence-electron chi connectivity index (χ1n) is 7.76. The third-order valence-corrected chi connectivity index (χ3v) is 5.31. The summed E-state index contributed by atoms with van der Waals surface area (Å²) in [5, 5.41) is 13.3. The van der Waals surface area contributed by atoms with Gasteiger partial charge in [0, 0.05) is 32.2 Å². The van der Waals surface area contributed by atoms with Crippen LogP contribution in [0.4, 0.5) is 0 Å². The highest BCUT2D eigenvalue weighted by molar-refractivity contribution is 9.11. The lowest BCUT2D eigenvalue weighted by Gasteiger charge is -2.35. The van der Waals surface area contributed by atoms with Gasteiger partial charge in [0.25, 0.3) is 0 Å². The lowest BCUT2D eigenvalue weighted by Crippen LogP contribution is -2.45. The fraction of sp³-hybridized carbons (Fsp3) is 0.625. The molecule has 1 aliphatic rings. The third kappa shape index (κ3) is 4.68. The molecule has 1 fully saturated rings. The van der Waals surface area contributed by atoms with Gasteiger partial charge in [-0.15, -0.1) is 0 Å². The van der Waals surface area contributed by atoms with Crippen LogP contribution in [0.25, 0.3) is 0 Å². The number of hydrogen-bond donors (Lipinski definition) is 2. The summed E-state index contributed by atoms with van der Waals surface area (Å²) in [5.41, 5.74) is 1.28. The van der Waals surface area contributed by atoms with Crippen LogP contribution in [0, 0.1) is 0 Å². The molecule has 1 aromatic carbocycles. The van der Waals surface area contributed by atoms with Crippen LogP contribution in [0.2, 0.25) is 0 Å². The first-order valence-corrected chi connectivity index (χ1v) is 9.34. The van der Waals surface area contributed by atoms with Crippen molar-refractivity contribution in [1.29, 1.82) is 0 Å². The molecule has 1 atom stereocenters. The van der Waals surface area contributed by atoms with E-state index in [2.05, 4.69) is 61.1 Å². The maximum absolute atomic E-state index is 9.92. The Labute approximate surface area is 144 Å². The van der Waals surface area contributed by atoms with E-state index in [0.29, 0.717) is 6.04 Å². The topological polar surface area (TPSA) is 35.5 Å². The van der Waals surface area contributed by atoms with Crippen molar-refractivity contribution in [2.24, 2.45) is 0 Å². The Morgan fingerprint density at radius 3 is 2.38 bits per heavy atom. The van der Waals surface area contributed by atoms with Gasteiger partial charge in [-0.05, 0) is 56.0 Å². The smallest absolute Gasteiger partial charge is 0.143 e. The quantitative estimate of drug-likeness (QED) is 0.668. The highest BCUT2D eigenvalue weighted by atomic mass is 79.9. The molecule has 5 heteroatoms. The van der Waals surface area contributed by atoms with Crippen LogP contribution in [0.15, 0.2) is 21.1 Å². The summed E-state index contributed by atoms with van der Waals surface area (Å²) in [7, 11) is 0. The van der Waals surface area contributed by atoms with E-state index in [1.54, 1.807) is 0 Å². The van der Waals surface area contributed by atoms with Crippen molar-refractivity contribution in [3.8, 4) is 5.75 Å². The molecule has 1 aliphatic heterocycles. The molecule has 118 valence electrons. The summed E-state index contributed by atoms with van der Waals surface area (Å²) in [6.45, 7) is 6.54. The van der Waals surface area contributed by atoms with Gasteiger partial charge in [0.05, 0.1) is 8.95 Å². The second kappa shape index (κ2) is 8.51. The summed E-state index contributed by atoms with van der Waals surface area (Å²) >= 11 is 6.92. The van der Waals surface area contributed by atoms with Crippen molar-refractivity contribution < 1.29 is 5.11 Å². The summed E-state index contributed by atoms with van der Waals surface area (Å²) in [6, 6.07) is 4.57. The molecular weight excluding hydrogens is 396 g/mol. The van der Waals surface area contributed by atoms with Gasteiger partial charge in [-0.25, -0.2) is 0 Å². The summed E-state index contributed by atoms with van der Waals surface area (Å²) in [4.78, 5) is 2.57. The monoisotopic (exact) mass is 418 g/mol. The molecule has 0 bridgehead atoms. The molecule has 0 saturated carbocycles. The van der Waals surface area contributed by atoms with Gasteiger partial charge in [0.1, 0.15) is 5.75 Å². The van der Waals surface area contributed by atoms with E-state index in [1.807, 2.05) is 0 Å². The van der Waals surface area contributed by atoms with Crippen LogP contribution in [0.1, 0.15) is 44.2 Å². The fourth-order valence-corrected chi connectivity index (χ4v) is 4.14. The van der Waals surface area contributed by atoms with Crippen LogP contribution in [0.5, 0.6) is 5.75 Å². The first kappa shape index (κ1) is 17.3. The van der Waals surface area contributed by atoms with Crippen molar-refractivity contribution in [3.05, 3.63) is 26.6 Å². The number of phenols is 1.